The second-order valence-corrected chi connectivity index (χ2v) is 8.59. The van der Waals surface area contributed by atoms with Gasteiger partial charge in [-0.2, -0.15) is 0 Å². The predicted octanol–water partition coefficient (Wildman–Crippen LogP) is 5.39. The molecule has 1 atom stereocenters. The summed E-state index contributed by atoms with van der Waals surface area (Å²) >= 11 is 1.24. The van der Waals surface area contributed by atoms with Gasteiger partial charge in [0.15, 0.2) is 11.6 Å². The molecule has 0 spiro atoms. The zero-order valence-electron chi connectivity index (χ0n) is 17.7. The van der Waals surface area contributed by atoms with E-state index >= 15 is 0 Å². The van der Waals surface area contributed by atoms with Crippen molar-refractivity contribution in [2.45, 2.75) is 57.8 Å². The molecule has 0 aromatic heterocycles. The maximum absolute atomic E-state index is 14.6. The molecular weight excluding hydrogens is 410 g/mol. The van der Waals surface area contributed by atoms with Crippen LogP contribution in [0.5, 0.6) is 5.75 Å². The summed E-state index contributed by atoms with van der Waals surface area (Å²) in [4.78, 5) is 0. The predicted molar refractivity (Wildman–Crippen MR) is 119 cm³/mol. The fourth-order valence-corrected chi connectivity index (χ4v) is 4.17. The highest BCUT2D eigenvalue weighted by Crippen LogP contribution is 2.53. The molecule has 0 radical (unpaired) electrons. The van der Waals surface area contributed by atoms with Crippen molar-refractivity contribution in [2.75, 3.05) is 16.6 Å². The molecule has 166 valence electrons. The average Bonchev–Trinajstić information content (AvgIpc) is 3.48. The third kappa shape index (κ3) is 5.77. The Bertz CT molecular complexity index is 876. The SMILES string of the molecule is CC.Cc1ccc(Nc2c(F)c(F)cc(O)c2NSC2(CC(O)CO)CC2)c(C)c1. The van der Waals surface area contributed by atoms with Crippen LogP contribution in [-0.4, -0.2) is 32.8 Å². The lowest BCUT2D eigenvalue weighted by atomic mass is 10.1. The normalized spacial score (nSPS) is 15.1. The van der Waals surface area contributed by atoms with Crippen molar-refractivity contribution in [3.05, 3.63) is 47.0 Å². The Kier molecular flexibility index (Phi) is 8.34. The largest absolute Gasteiger partial charge is 0.506 e. The van der Waals surface area contributed by atoms with Gasteiger partial charge < -0.3 is 25.4 Å². The van der Waals surface area contributed by atoms with Crippen LogP contribution in [-0.2, 0) is 0 Å². The number of aliphatic hydroxyl groups excluding tert-OH is 2. The van der Waals surface area contributed by atoms with Crippen molar-refractivity contribution in [2.24, 2.45) is 0 Å². The molecule has 2 aromatic carbocycles. The minimum Gasteiger partial charge on any atom is -0.506 e. The molecule has 1 aliphatic rings. The Morgan fingerprint density at radius 1 is 1.13 bits per heavy atom. The summed E-state index contributed by atoms with van der Waals surface area (Å²) in [6.07, 6.45) is 1.15. The molecule has 0 heterocycles. The second kappa shape index (κ2) is 10.3. The average molecular weight is 441 g/mol. The van der Waals surface area contributed by atoms with Gasteiger partial charge in [-0.25, -0.2) is 8.78 Å². The molecular formula is C22H30F2N2O3S. The summed E-state index contributed by atoms with van der Waals surface area (Å²) in [5, 5.41) is 31.9. The van der Waals surface area contributed by atoms with Gasteiger partial charge in [0.1, 0.15) is 17.1 Å². The number of anilines is 3. The van der Waals surface area contributed by atoms with Crippen LogP contribution in [0.4, 0.5) is 25.8 Å². The van der Waals surface area contributed by atoms with Crippen molar-refractivity contribution in [3.8, 4) is 5.75 Å². The lowest BCUT2D eigenvalue weighted by molar-refractivity contribution is 0.0865. The number of phenols is 1. The minimum absolute atomic E-state index is 0.0358. The van der Waals surface area contributed by atoms with Crippen LogP contribution < -0.4 is 10.0 Å². The first-order valence-electron chi connectivity index (χ1n) is 10.0. The smallest absolute Gasteiger partial charge is 0.184 e. The lowest BCUT2D eigenvalue weighted by Gasteiger charge is -2.21. The van der Waals surface area contributed by atoms with Gasteiger partial charge in [0, 0.05) is 16.5 Å². The van der Waals surface area contributed by atoms with Gasteiger partial charge in [0.2, 0.25) is 0 Å². The first kappa shape index (κ1) is 24.2. The van der Waals surface area contributed by atoms with Crippen LogP contribution in [0, 0.1) is 25.5 Å². The summed E-state index contributed by atoms with van der Waals surface area (Å²) in [6, 6.07) is 6.26. The molecule has 30 heavy (non-hydrogen) atoms. The maximum Gasteiger partial charge on any atom is 0.184 e. The number of phenolic OH excluding ortho intramolecular Hbond substituents is 1. The van der Waals surface area contributed by atoms with E-state index in [4.69, 9.17) is 5.11 Å². The van der Waals surface area contributed by atoms with Gasteiger partial charge in [0.25, 0.3) is 0 Å². The van der Waals surface area contributed by atoms with Gasteiger partial charge >= 0.3 is 0 Å². The van der Waals surface area contributed by atoms with Gasteiger partial charge in [-0.1, -0.05) is 31.5 Å². The highest BCUT2D eigenvalue weighted by Gasteiger charge is 2.45. The molecule has 0 aliphatic heterocycles. The number of aliphatic hydroxyl groups is 2. The molecule has 1 saturated carbocycles. The monoisotopic (exact) mass is 440 g/mol. The van der Waals surface area contributed by atoms with Crippen molar-refractivity contribution >= 4 is 29.0 Å². The number of aryl methyl sites for hydroxylation is 2. The van der Waals surface area contributed by atoms with E-state index in [1.54, 1.807) is 6.07 Å². The van der Waals surface area contributed by atoms with E-state index in [0.717, 1.165) is 30.0 Å². The van der Waals surface area contributed by atoms with Crippen molar-refractivity contribution in [1.29, 1.82) is 0 Å². The van der Waals surface area contributed by atoms with E-state index in [9.17, 15) is 19.0 Å². The molecule has 1 unspecified atom stereocenters. The molecule has 1 fully saturated rings. The van der Waals surface area contributed by atoms with E-state index in [0.29, 0.717) is 12.1 Å². The Hall–Kier alpha value is -2.03. The molecule has 2 aromatic rings. The van der Waals surface area contributed by atoms with Gasteiger partial charge in [-0.3, -0.25) is 0 Å². The maximum atomic E-state index is 14.6. The summed E-state index contributed by atoms with van der Waals surface area (Å²) < 4.78 is 31.1. The summed E-state index contributed by atoms with van der Waals surface area (Å²) in [5.41, 5.74) is 2.34. The molecule has 0 saturated heterocycles. The van der Waals surface area contributed by atoms with Gasteiger partial charge in [0.05, 0.1) is 12.7 Å². The van der Waals surface area contributed by atoms with Crippen molar-refractivity contribution in [3.63, 3.8) is 0 Å². The highest BCUT2D eigenvalue weighted by molar-refractivity contribution is 8.02. The summed E-state index contributed by atoms with van der Waals surface area (Å²) in [7, 11) is 0. The third-order valence-electron chi connectivity index (χ3n) is 4.84. The second-order valence-electron chi connectivity index (χ2n) is 7.31. The first-order chi connectivity index (χ1) is 14.2. The number of aromatic hydroxyl groups is 1. The Balaban J connectivity index is 0.00000155. The first-order valence-corrected chi connectivity index (χ1v) is 10.8. The van der Waals surface area contributed by atoms with Crippen LogP contribution in [0.15, 0.2) is 24.3 Å². The number of nitrogens with one attached hydrogen (secondary N) is 2. The zero-order chi connectivity index (χ0) is 22.5. The van der Waals surface area contributed by atoms with E-state index < -0.39 is 23.5 Å². The quantitative estimate of drug-likeness (QED) is 0.279. The number of benzene rings is 2. The Morgan fingerprint density at radius 3 is 2.37 bits per heavy atom. The van der Waals surface area contributed by atoms with Crippen molar-refractivity contribution < 1.29 is 24.1 Å². The van der Waals surface area contributed by atoms with Crippen molar-refractivity contribution in [1.82, 2.24) is 0 Å². The van der Waals surface area contributed by atoms with E-state index in [2.05, 4.69) is 10.0 Å². The van der Waals surface area contributed by atoms with Crippen LogP contribution in [0.1, 0.15) is 44.2 Å². The Labute approximate surface area is 180 Å². The fraction of sp³-hybridized carbons (Fsp3) is 0.455. The molecule has 5 N–H and O–H groups in total. The van der Waals surface area contributed by atoms with E-state index in [1.165, 1.54) is 11.9 Å². The standard InChI is InChI=1S/C20H24F2N2O3S.C2H6/c1-11-3-4-15(12(2)7-11)23-19-17(22)14(21)8-16(27)18(19)24-28-20(5-6-20)9-13(26)10-25;1-2/h3-4,7-8,13,23-27H,5-6,9-10H2,1-2H3;1-2H3. The number of rotatable bonds is 8. The van der Waals surface area contributed by atoms with Crippen LogP contribution in [0.2, 0.25) is 0 Å². The minimum atomic E-state index is -1.16. The molecule has 8 heteroatoms. The lowest BCUT2D eigenvalue weighted by Crippen LogP contribution is -2.21. The van der Waals surface area contributed by atoms with E-state index in [1.807, 2.05) is 39.8 Å². The zero-order valence-corrected chi connectivity index (χ0v) is 18.5. The Morgan fingerprint density at radius 2 is 1.80 bits per heavy atom. The van der Waals surface area contributed by atoms with Gasteiger partial charge in [-0.05, 0) is 56.7 Å². The van der Waals surface area contributed by atoms with Crippen LogP contribution in [0.25, 0.3) is 0 Å². The highest BCUT2D eigenvalue weighted by atomic mass is 32.2. The fourth-order valence-electron chi connectivity index (χ4n) is 3.06. The number of hydrogen-bond donors (Lipinski definition) is 5. The molecule has 3 rings (SSSR count). The van der Waals surface area contributed by atoms with Crippen LogP contribution in [0.3, 0.4) is 0 Å². The van der Waals surface area contributed by atoms with Crippen LogP contribution >= 0.6 is 11.9 Å². The molecule has 0 bridgehead atoms. The molecule has 0 amide bonds. The number of hydrogen-bond acceptors (Lipinski definition) is 6. The number of halogens is 2. The van der Waals surface area contributed by atoms with Gasteiger partial charge in [-0.15, -0.1) is 0 Å². The third-order valence-corrected chi connectivity index (χ3v) is 6.15. The molecule has 5 nitrogen and oxygen atoms in total. The summed E-state index contributed by atoms with van der Waals surface area (Å²) in [5.74, 6) is -2.67. The topological polar surface area (TPSA) is 84.8 Å². The molecule has 1 aliphatic carbocycles. The summed E-state index contributed by atoms with van der Waals surface area (Å²) in [6.45, 7) is 7.45. The van der Waals surface area contributed by atoms with E-state index in [-0.39, 0.29) is 22.7 Å².